The highest BCUT2D eigenvalue weighted by molar-refractivity contribution is 7.89. The van der Waals surface area contributed by atoms with E-state index in [4.69, 9.17) is 11.2 Å². The molecule has 0 radical (unpaired) electrons. The van der Waals surface area contributed by atoms with Crippen molar-refractivity contribution in [3.05, 3.63) is 59.7 Å². The molecular formula is C32H42N4O6S. The van der Waals surface area contributed by atoms with E-state index in [0.29, 0.717) is 18.8 Å². The molecule has 0 bridgehead atoms. The van der Waals surface area contributed by atoms with Gasteiger partial charge in [-0.1, -0.05) is 44.2 Å². The summed E-state index contributed by atoms with van der Waals surface area (Å²) in [6, 6.07) is 13.4. The normalized spacial score (nSPS) is 15.8. The van der Waals surface area contributed by atoms with E-state index in [1.165, 1.54) is 10.4 Å². The van der Waals surface area contributed by atoms with Crippen LogP contribution in [0.2, 0.25) is 0 Å². The molecule has 2 aliphatic rings. The molecule has 1 aliphatic carbocycles. The van der Waals surface area contributed by atoms with E-state index in [1.807, 2.05) is 44.2 Å². The third-order valence-corrected chi connectivity index (χ3v) is 9.27. The second kappa shape index (κ2) is 14.8. The fraction of sp³-hybridized carbons (Fsp3) is 0.500. The molecule has 0 aromatic heterocycles. The van der Waals surface area contributed by atoms with E-state index in [0.717, 1.165) is 29.0 Å². The highest BCUT2D eigenvalue weighted by Gasteiger charge is 2.36. The number of terminal acetylenes is 1. The number of nitrogens with one attached hydrogen (secondary N) is 2. The lowest BCUT2D eigenvalue weighted by Crippen LogP contribution is -2.60. The summed E-state index contributed by atoms with van der Waals surface area (Å²) in [6.07, 6.45) is 6.95. The van der Waals surface area contributed by atoms with Gasteiger partial charge in [-0.15, -0.1) is 12.3 Å². The second-order valence-electron chi connectivity index (χ2n) is 11.6. The van der Waals surface area contributed by atoms with Crippen LogP contribution in [0.3, 0.4) is 0 Å². The molecular weight excluding hydrogens is 568 g/mol. The minimum absolute atomic E-state index is 0.00757. The third kappa shape index (κ3) is 9.03. The summed E-state index contributed by atoms with van der Waals surface area (Å²) in [5.74, 6) is 2.18. The molecule has 1 fully saturated rings. The molecule has 4 rings (SSSR count). The lowest BCUT2D eigenvalue weighted by atomic mass is 9.99. The first-order valence-corrected chi connectivity index (χ1v) is 16.3. The van der Waals surface area contributed by atoms with Gasteiger partial charge in [-0.25, -0.2) is 13.4 Å². The Bertz CT molecular complexity index is 1400. The van der Waals surface area contributed by atoms with Gasteiger partial charge in [0.25, 0.3) is 5.91 Å². The van der Waals surface area contributed by atoms with Crippen LogP contribution in [0, 0.1) is 18.3 Å². The molecule has 10 nitrogen and oxygen atoms in total. The van der Waals surface area contributed by atoms with E-state index < -0.39 is 34.0 Å². The van der Waals surface area contributed by atoms with Crippen LogP contribution in [0.4, 0.5) is 0 Å². The van der Waals surface area contributed by atoms with Crippen molar-refractivity contribution in [2.75, 3.05) is 26.2 Å². The molecule has 232 valence electrons. The summed E-state index contributed by atoms with van der Waals surface area (Å²) in [6.45, 7) is 4.16. The fourth-order valence-corrected chi connectivity index (χ4v) is 6.74. The lowest BCUT2D eigenvalue weighted by molar-refractivity contribution is -0.147. The highest BCUT2D eigenvalue weighted by Crippen LogP contribution is 2.29. The number of carbonyl (C=O) groups excluding carboxylic acids is 2. The molecule has 2 aromatic carbocycles. The number of carbonyl (C=O) groups is 2. The summed E-state index contributed by atoms with van der Waals surface area (Å²) in [5.41, 5.74) is 4.32. The van der Waals surface area contributed by atoms with Gasteiger partial charge in [0, 0.05) is 38.4 Å². The van der Waals surface area contributed by atoms with Gasteiger partial charge in [-0.3, -0.25) is 15.0 Å². The van der Waals surface area contributed by atoms with Crippen molar-refractivity contribution in [1.82, 2.24) is 20.1 Å². The number of rotatable bonds is 15. The SMILES string of the molecule is C#CCCC(=O)N(NC(=O)CNC1CC1)[C@@H](Cc1ccccc1)[C@H](O)CN(CC(C)C)S(=O)(=O)c1ccc2c(c1)CCO2. The van der Waals surface area contributed by atoms with Crippen molar-refractivity contribution < 1.29 is 27.9 Å². The minimum Gasteiger partial charge on any atom is -0.493 e. The summed E-state index contributed by atoms with van der Waals surface area (Å²) in [5, 5.41) is 16.1. The second-order valence-corrected chi connectivity index (χ2v) is 13.5. The van der Waals surface area contributed by atoms with E-state index in [2.05, 4.69) is 16.7 Å². The van der Waals surface area contributed by atoms with E-state index in [-0.39, 0.29) is 55.8 Å². The Morgan fingerprint density at radius 3 is 2.56 bits per heavy atom. The maximum Gasteiger partial charge on any atom is 0.252 e. The van der Waals surface area contributed by atoms with E-state index >= 15 is 0 Å². The maximum absolute atomic E-state index is 14.0. The van der Waals surface area contributed by atoms with Gasteiger partial charge in [-0.05, 0) is 54.5 Å². The standard InChI is InChI=1S/C32H42N4O6S/c1-4-5-11-32(39)36(34-31(38)20-33-26-12-13-26)28(18-24-9-7-6-8-10-24)29(37)22-35(21-23(2)3)43(40,41)27-14-15-30-25(19-27)16-17-42-30/h1,6-10,14-15,19,23,26,28-29,33,37H,5,11-13,16-18,20-22H2,2-3H3,(H,34,38)/t28-,29+/m0/s1. The van der Waals surface area contributed by atoms with Crippen molar-refractivity contribution in [2.45, 2.75) is 75.5 Å². The molecule has 11 heteroatoms. The van der Waals surface area contributed by atoms with Gasteiger partial charge in [0.1, 0.15) is 5.75 Å². The van der Waals surface area contributed by atoms with Crippen molar-refractivity contribution in [3.8, 4) is 18.1 Å². The Balaban J connectivity index is 1.64. The van der Waals surface area contributed by atoms with Gasteiger partial charge in [0.05, 0.1) is 30.2 Å². The zero-order valence-electron chi connectivity index (χ0n) is 24.9. The molecule has 3 N–H and O–H groups in total. The summed E-state index contributed by atoms with van der Waals surface area (Å²) < 4.78 is 34.7. The van der Waals surface area contributed by atoms with Crippen LogP contribution in [0.25, 0.3) is 0 Å². The molecule has 0 unspecified atom stereocenters. The van der Waals surface area contributed by atoms with Gasteiger partial charge in [0.2, 0.25) is 15.9 Å². The Labute approximate surface area is 254 Å². The average molecular weight is 611 g/mol. The number of hydrogen-bond acceptors (Lipinski definition) is 7. The molecule has 43 heavy (non-hydrogen) atoms. The first-order chi connectivity index (χ1) is 20.6. The molecule has 1 heterocycles. The van der Waals surface area contributed by atoms with E-state index in [1.54, 1.807) is 12.1 Å². The largest absolute Gasteiger partial charge is 0.493 e. The van der Waals surface area contributed by atoms with Crippen LogP contribution in [-0.2, 0) is 32.5 Å². The van der Waals surface area contributed by atoms with Crippen LogP contribution < -0.4 is 15.5 Å². The first kappa shape index (κ1) is 32.5. The van der Waals surface area contributed by atoms with Crippen molar-refractivity contribution >= 4 is 21.8 Å². The summed E-state index contributed by atoms with van der Waals surface area (Å²) >= 11 is 0. The number of ether oxygens (including phenoxy) is 1. The Kier molecular flexibility index (Phi) is 11.2. The van der Waals surface area contributed by atoms with Gasteiger partial charge >= 0.3 is 0 Å². The maximum atomic E-state index is 14.0. The molecule has 2 amide bonds. The van der Waals surface area contributed by atoms with Crippen LogP contribution in [0.5, 0.6) is 5.75 Å². The average Bonchev–Trinajstić information content (AvgIpc) is 3.70. The number of hydrazine groups is 1. The van der Waals surface area contributed by atoms with Crippen LogP contribution >= 0.6 is 0 Å². The molecule has 1 saturated carbocycles. The smallest absolute Gasteiger partial charge is 0.252 e. The van der Waals surface area contributed by atoms with Gasteiger partial charge in [0.15, 0.2) is 0 Å². The number of amides is 2. The Morgan fingerprint density at radius 1 is 1.14 bits per heavy atom. The number of sulfonamides is 1. The monoisotopic (exact) mass is 610 g/mol. The van der Waals surface area contributed by atoms with Crippen molar-refractivity contribution in [3.63, 3.8) is 0 Å². The van der Waals surface area contributed by atoms with Crippen LogP contribution in [0.15, 0.2) is 53.4 Å². The highest BCUT2D eigenvalue weighted by atomic mass is 32.2. The number of aliphatic hydroxyl groups excluding tert-OH is 1. The van der Waals surface area contributed by atoms with Crippen LogP contribution in [0.1, 0.15) is 50.7 Å². The predicted molar refractivity (Wildman–Crippen MR) is 163 cm³/mol. The lowest BCUT2D eigenvalue weighted by Gasteiger charge is -2.37. The van der Waals surface area contributed by atoms with Crippen LogP contribution in [-0.4, -0.2) is 79.1 Å². The number of hydrogen-bond donors (Lipinski definition) is 3. The van der Waals surface area contributed by atoms with Crippen molar-refractivity contribution in [2.24, 2.45) is 5.92 Å². The zero-order chi connectivity index (χ0) is 31.0. The minimum atomic E-state index is -4.02. The number of fused-ring (bicyclic) bond motifs is 1. The quantitative estimate of drug-likeness (QED) is 0.209. The fourth-order valence-electron chi connectivity index (χ4n) is 5.06. The van der Waals surface area contributed by atoms with Gasteiger partial charge < -0.3 is 15.2 Å². The Morgan fingerprint density at radius 2 is 1.88 bits per heavy atom. The number of benzene rings is 2. The summed E-state index contributed by atoms with van der Waals surface area (Å²) in [7, 11) is -4.02. The molecule has 2 atom stereocenters. The third-order valence-electron chi connectivity index (χ3n) is 7.45. The van der Waals surface area contributed by atoms with E-state index in [9.17, 15) is 23.1 Å². The predicted octanol–water partition coefficient (Wildman–Crippen LogP) is 2.27. The molecule has 0 saturated heterocycles. The topological polar surface area (TPSA) is 128 Å². The molecule has 1 aliphatic heterocycles. The van der Waals surface area contributed by atoms with Gasteiger partial charge in [-0.2, -0.15) is 4.31 Å². The number of nitrogens with zero attached hydrogens (tertiary/aromatic N) is 2. The summed E-state index contributed by atoms with van der Waals surface area (Å²) in [4.78, 5) is 26.5. The number of aliphatic hydroxyl groups is 1. The molecule has 0 spiro atoms. The van der Waals surface area contributed by atoms with Crippen molar-refractivity contribution in [1.29, 1.82) is 0 Å². The molecule has 2 aromatic rings. The first-order valence-electron chi connectivity index (χ1n) is 14.8. The Hall–Kier alpha value is -3.43. The zero-order valence-corrected chi connectivity index (χ0v) is 25.7.